The fourth-order valence-corrected chi connectivity index (χ4v) is 2.74. The van der Waals surface area contributed by atoms with Gasteiger partial charge in [0.15, 0.2) is 0 Å². The van der Waals surface area contributed by atoms with Gasteiger partial charge in [0.05, 0.1) is 5.92 Å². The van der Waals surface area contributed by atoms with Crippen molar-refractivity contribution >= 4 is 23.2 Å². The smallest absolute Gasteiger partial charge is 0.232 e. The molecule has 96 valence electrons. The molecule has 1 atom stereocenters. The molecule has 0 spiro atoms. The third-order valence-electron chi connectivity index (χ3n) is 3.65. The summed E-state index contributed by atoms with van der Waals surface area (Å²) in [6.07, 6.45) is 0.714. The number of rotatable bonds is 2. The highest BCUT2D eigenvalue weighted by Gasteiger charge is 2.30. The zero-order chi connectivity index (χ0) is 13.4. The van der Waals surface area contributed by atoms with Crippen molar-refractivity contribution < 1.29 is 4.79 Å². The van der Waals surface area contributed by atoms with Crippen LogP contribution in [0.3, 0.4) is 0 Å². The number of carbonyl (C=O) groups excluding carboxylic acids is 1. The number of amides is 1. The van der Waals surface area contributed by atoms with Crippen LogP contribution < -0.4 is 5.32 Å². The van der Waals surface area contributed by atoms with Crippen LogP contribution in [0.1, 0.15) is 22.6 Å². The molecule has 0 aromatic heterocycles. The second kappa shape index (κ2) is 4.71. The van der Waals surface area contributed by atoms with Crippen LogP contribution in [0.15, 0.2) is 42.5 Å². The van der Waals surface area contributed by atoms with E-state index in [1.165, 1.54) is 11.1 Å². The zero-order valence-electron chi connectivity index (χ0n) is 10.6. The first-order chi connectivity index (χ1) is 9.15. The summed E-state index contributed by atoms with van der Waals surface area (Å²) in [5.41, 5.74) is 4.30. The topological polar surface area (TPSA) is 29.1 Å². The molecule has 0 saturated carbocycles. The van der Waals surface area contributed by atoms with Crippen LogP contribution in [0, 0.1) is 6.92 Å². The fourth-order valence-electron chi connectivity index (χ4n) is 2.56. The Bertz CT molecular complexity index is 651. The summed E-state index contributed by atoms with van der Waals surface area (Å²) in [4.78, 5) is 12.1. The lowest BCUT2D eigenvalue weighted by atomic mass is 9.91. The molecule has 0 bridgehead atoms. The number of halogens is 1. The van der Waals surface area contributed by atoms with E-state index in [1.54, 1.807) is 6.07 Å². The van der Waals surface area contributed by atoms with Gasteiger partial charge in [0.1, 0.15) is 0 Å². The Morgan fingerprint density at radius 1 is 1.21 bits per heavy atom. The predicted molar refractivity (Wildman–Crippen MR) is 77.7 cm³/mol. The monoisotopic (exact) mass is 271 g/mol. The van der Waals surface area contributed by atoms with Gasteiger partial charge in [0.2, 0.25) is 5.91 Å². The molecule has 2 aromatic rings. The normalized spacial score (nSPS) is 17.2. The Morgan fingerprint density at radius 3 is 2.79 bits per heavy atom. The van der Waals surface area contributed by atoms with E-state index in [0.29, 0.717) is 11.4 Å². The van der Waals surface area contributed by atoms with Crippen LogP contribution in [-0.2, 0) is 11.2 Å². The van der Waals surface area contributed by atoms with E-state index < -0.39 is 0 Å². The number of carbonyl (C=O) groups is 1. The fraction of sp³-hybridized carbons (Fsp3) is 0.188. The molecule has 0 fully saturated rings. The van der Waals surface area contributed by atoms with Gasteiger partial charge in [0.25, 0.3) is 0 Å². The average molecular weight is 272 g/mol. The van der Waals surface area contributed by atoms with Crippen LogP contribution in [-0.4, -0.2) is 5.91 Å². The van der Waals surface area contributed by atoms with Crippen molar-refractivity contribution in [2.45, 2.75) is 19.3 Å². The minimum absolute atomic E-state index is 0.0560. The van der Waals surface area contributed by atoms with Crippen molar-refractivity contribution in [3.63, 3.8) is 0 Å². The van der Waals surface area contributed by atoms with Crippen LogP contribution in [0.5, 0.6) is 0 Å². The molecule has 1 aliphatic rings. The summed E-state index contributed by atoms with van der Waals surface area (Å²) in [6, 6.07) is 13.7. The minimum atomic E-state index is -0.144. The number of hydrogen-bond acceptors (Lipinski definition) is 1. The Morgan fingerprint density at radius 2 is 2.00 bits per heavy atom. The van der Waals surface area contributed by atoms with Crippen LogP contribution >= 0.6 is 11.6 Å². The Hall–Kier alpha value is -1.80. The number of fused-ring (bicyclic) bond motifs is 1. The van der Waals surface area contributed by atoms with E-state index in [-0.39, 0.29) is 11.8 Å². The Balaban J connectivity index is 1.97. The van der Waals surface area contributed by atoms with Crippen molar-refractivity contribution in [2.24, 2.45) is 0 Å². The highest BCUT2D eigenvalue weighted by atomic mass is 35.5. The number of nitrogens with one attached hydrogen (secondary N) is 1. The molecule has 1 amide bonds. The van der Waals surface area contributed by atoms with E-state index >= 15 is 0 Å². The second-order valence-electron chi connectivity index (χ2n) is 4.90. The molecular formula is C16H14ClNO. The molecule has 19 heavy (non-hydrogen) atoms. The zero-order valence-corrected chi connectivity index (χ0v) is 11.4. The summed E-state index contributed by atoms with van der Waals surface area (Å²) in [7, 11) is 0. The van der Waals surface area contributed by atoms with E-state index in [0.717, 1.165) is 11.3 Å². The summed E-state index contributed by atoms with van der Waals surface area (Å²) in [6.45, 7) is 2.07. The maximum atomic E-state index is 12.1. The van der Waals surface area contributed by atoms with Gasteiger partial charge in [-0.05, 0) is 48.2 Å². The average Bonchev–Trinajstić information content (AvgIpc) is 2.69. The van der Waals surface area contributed by atoms with E-state index in [2.05, 4.69) is 24.4 Å². The molecule has 1 heterocycles. The second-order valence-corrected chi connectivity index (χ2v) is 5.34. The number of aryl methyl sites for hydroxylation is 1. The number of anilines is 1. The molecule has 0 radical (unpaired) electrons. The van der Waals surface area contributed by atoms with Crippen molar-refractivity contribution in [2.75, 3.05) is 5.32 Å². The lowest BCUT2D eigenvalue weighted by molar-refractivity contribution is -0.117. The summed E-state index contributed by atoms with van der Waals surface area (Å²) < 4.78 is 0. The minimum Gasteiger partial charge on any atom is -0.325 e. The molecule has 0 aliphatic carbocycles. The van der Waals surface area contributed by atoms with Crippen molar-refractivity contribution in [1.29, 1.82) is 0 Å². The molecule has 0 saturated heterocycles. The van der Waals surface area contributed by atoms with Gasteiger partial charge in [-0.3, -0.25) is 4.79 Å². The number of benzene rings is 2. The van der Waals surface area contributed by atoms with Gasteiger partial charge in [-0.2, -0.15) is 0 Å². The maximum absolute atomic E-state index is 12.1. The van der Waals surface area contributed by atoms with E-state index in [9.17, 15) is 4.79 Å². The third kappa shape index (κ3) is 2.24. The summed E-state index contributed by atoms with van der Waals surface area (Å²) in [5, 5.41) is 3.59. The SMILES string of the molecule is Cc1ccccc1C[C@H]1C(=O)Nc2ccc(Cl)cc21. The first-order valence-electron chi connectivity index (χ1n) is 6.30. The first kappa shape index (κ1) is 12.2. The third-order valence-corrected chi connectivity index (χ3v) is 3.88. The first-order valence-corrected chi connectivity index (χ1v) is 6.68. The molecule has 2 nitrogen and oxygen atoms in total. The van der Waals surface area contributed by atoms with E-state index in [1.807, 2.05) is 24.3 Å². The maximum Gasteiger partial charge on any atom is 0.232 e. The quantitative estimate of drug-likeness (QED) is 0.881. The summed E-state index contributed by atoms with van der Waals surface area (Å²) in [5.74, 6) is -0.0877. The van der Waals surface area contributed by atoms with Crippen LogP contribution in [0.2, 0.25) is 5.02 Å². The standard InChI is InChI=1S/C16H14ClNO/c1-10-4-2-3-5-11(10)8-14-13-9-12(17)6-7-15(13)18-16(14)19/h2-7,9,14H,8H2,1H3,(H,18,19)/t14-/m1/s1. The lowest BCUT2D eigenvalue weighted by Gasteiger charge is -2.11. The molecule has 0 unspecified atom stereocenters. The Kier molecular flexibility index (Phi) is 3.03. The predicted octanol–water partition coefficient (Wildman–Crippen LogP) is 3.93. The highest BCUT2D eigenvalue weighted by Crippen LogP contribution is 2.36. The van der Waals surface area contributed by atoms with Crippen molar-refractivity contribution in [1.82, 2.24) is 0 Å². The van der Waals surface area contributed by atoms with Crippen molar-refractivity contribution in [3.8, 4) is 0 Å². The lowest BCUT2D eigenvalue weighted by Crippen LogP contribution is -2.14. The molecule has 3 heteroatoms. The van der Waals surface area contributed by atoms with Gasteiger partial charge in [-0.15, -0.1) is 0 Å². The largest absolute Gasteiger partial charge is 0.325 e. The molecule has 1 N–H and O–H groups in total. The highest BCUT2D eigenvalue weighted by molar-refractivity contribution is 6.31. The molecular weight excluding hydrogens is 258 g/mol. The molecule has 1 aliphatic heterocycles. The van der Waals surface area contributed by atoms with Gasteiger partial charge in [-0.25, -0.2) is 0 Å². The summed E-state index contributed by atoms with van der Waals surface area (Å²) >= 11 is 6.03. The van der Waals surface area contributed by atoms with Gasteiger partial charge in [-0.1, -0.05) is 35.9 Å². The van der Waals surface area contributed by atoms with Gasteiger partial charge in [0, 0.05) is 10.7 Å². The van der Waals surface area contributed by atoms with Crippen LogP contribution in [0.25, 0.3) is 0 Å². The molecule has 3 rings (SSSR count). The van der Waals surface area contributed by atoms with Gasteiger partial charge < -0.3 is 5.32 Å². The molecule has 2 aromatic carbocycles. The van der Waals surface area contributed by atoms with Crippen LogP contribution in [0.4, 0.5) is 5.69 Å². The Labute approximate surface area is 117 Å². The number of hydrogen-bond donors (Lipinski definition) is 1. The van der Waals surface area contributed by atoms with E-state index in [4.69, 9.17) is 11.6 Å². The van der Waals surface area contributed by atoms with Crippen molar-refractivity contribution in [3.05, 3.63) is 64.2 Å². The van der Waals surface area contributed by atoms with Gasteiger partial charge >= 0.3 is 0 Å².